The van der Waals surface area contributed by atoms with Gasteiger partial charge in [0.15, 0.2) is 0 Å². The summed E-state index contributed by atoms with van der Waals surface area (Å²) < 4.78 is 0. The zero-order chi connectivity index (χ0) is 21.7. The molecule has 0 aliphatic carbocycles. The molecule has 30 heavy (non-hydrogen) atoms. The second kappa shape index (κ2) is 9.65. The smallest absolute Gasteiger partial charge is 0.255 e. The van der Waals surface area contributed by atoms with Gasteiger partial charge in [0.25, 0.3) is 5.91 Å². The van der Waals surface area contributed by atoms with Crippen molar-refractivity contribution in [3.05, 3.63) is 54.1 Å². The van der Waals surface area contributed by atoms with Gasteiger partial charge in [-0.2, -0.15) is 0 Å². The van der Waals surface area contributed by atoms with E-state index >= 15 is 0 Å². The predicted octanol–water partition coefficient (Wildman–Crippen LogP) is 3.88. The first-order valence-electron chi connectivity index (χ1n) is 10.7. The Balaban J connectivity index is 1.59. The Morgan fingerprint density at radius 3 is 2.17 bits per heavy atom. The molecule has 6 nitrogen and oxygen atoms in total. The monoisotopic (exact) mass is 408 g/mol. The van der Waals surface area contributed by atoms with Gasteiger partial charge in [-0.1, -0.05) is 0 Å². The molecular formula is C24H32N4O2. The van der Waals surface area contributed by atoms with Crippen LogP contribution >= 0.6 is 0 Å². The third-order valence-electron chi connectivity index (χ3n) is 5.81. The van der Waals surface area contributed by atoms with Crippen LogP contribution in [0.4, 0.5) is 17.1 Å². The number of nitrogens with one attached hydrogen (secondary N) is 1. The van der Waals surface area contributed by atoms with Crippen molar-refractivity contribution in [2.24, 2.45) is 11.7 Å². The summed E-state index contributed by atoms with van der Waals surface area (Å²) in [6, 6.07) is 16.0. The van der Waals surface area contributed by atoms with Gasteiger partial charge in [-0.3, -0.25) is 9.59 Å². The fourth-order valence-corrected chi connectivity index (χ4v) is 4.03. The quantitative estimate of drug-likeness (QED) is 0.729. The predicted molar refractivity (Wildman–Crippen MR) is 123 cm³/mol. The highest BCUT2D eigenvalue weighted by Crippen LogP contribution is 2.25. The van der Waals surface area contributed by atoms with Crippen LogP contribution in [0.3, 0.4) is 0 Å². The lowest BCUT2D eigenvalue weighted by atomic mass is 9.96. The third kappa shape index (κ3) is 5.12. The number of hydrogen-bond acceptors (Lipinski definition) is 4. The topological polar surface area (TPSA) is 78.7 Å². The molecule has 1 aliphatic heterocycles. The maximum Gasteiger partial charge on any atom is 0.255 e. The number of benzene rings is 2. The van der Waals surface area contributed by atoms with E-state index in [9.17, 15) is 9.59 Å². The SMILES string of the molecule is CCN(c1ccc(C(=O)Nc2ccc(N3CCC(C(N)=O)CC3)cc2)cc1)C(C)C. The van der Waals surface area contributed by atoms with Crippen molar-refractivity contribution in [3.8, 4) is 0 Å². The highest BCUT2D eigenvalue weighted by molar-refractivity contribution is 6.04. The highest BCUT2D eigenvalue weighted by Gasteiger charge is 2.23. The van der Waals surface area contributed by atoms with Gasteiger partial charge < -0.3 is 20.9 Å². The van der Waals surface area contributed by atoms with Crippen LogP contribution in [0.15, 0.2) is 48.5 Å². The molecule has 6 heteroatoms. The minimum atomic E-state index is -0.202. The van der Waals surface area contributed by atoms with Crippen LogP contribution in [0, 0.1) is 5.92 Å². The van der Waals surface area contributed by atoms with E-state index in [0.717, 1.165) is 49.5 Å². The number of piperidine rings is 1. The van der Waals surface area contributed by atoms with Crippen molar-refractivity contribution in [2.45, 2.75) is 39.7 Å². The summed E-state index contributed by atoms with van der Waals surface area (Å²) in [5.74, 6) is -0.340. The molecule has 1 saturated heterocycles. The molecule has 0 bridgehead atoms. The zero-order valence-corrected chi connectivity index (χ0v) is 18.1. The van der Waals surface area contributed by atoms with Gasteiger partial charge in [-0.05, 0) is 82.1 Å². The lowest BCUT2D eigenvalue weighted by Gasteiger charge is -2.32. The van der Waals surface area contributed by atoms with E-state index in [1.807, 2.05) is 48.5 Å². The molecule has 0 atom stereocenters. The van der Waals surface area contributed by atoms with Crippen molar-refractivity contribution in [1.82, 2.24) is 0 Å². The molecule has 3 N–H and O–H groups in total. The van der Waals surface area contributed by atoms with Crippen molar-refractivity contribution < 1.29 is 9.59 Å². The van der Waals surface area contributed by atoms with Gasteiger partial charge in [0, 0.05) is 54.2 Å². The van der Waals surface area contributed by atoms with Gasteiger partial charge in [0.2, 0.25) is 5.91 Å². The first-order chi connectivity index (χ1) is 14.4. The molecule has 0 spiro atoms. The van der Waals surface area contributed by atoms with Crippen LogP contribution in [-0.4, -0.2) is 37.5 Å². The molecule has 1 heterocycles. The Kier molecular flexibility index (Phi) is 6.98. The molecule has 2 amide bonds. The number of amides is 2. The average Bonchev–Trinajstić information content (AvgIpc) is 2.75. The van der Waals surface area contributed by atoms with Gasteiger partial charge in [-0.15, -0.1) is 0 Å². The molecule has 0 unspecified atom stereocenters. The lowest BCUT2D eigenvalue weighted by Crippen LogP contribution is -2.38. The third-order valence-corrected chi connectivity index (χ3v) is 5.81. The van der Waals surface area contributed by atoms with Crippen LogP contribution in [0.5, 0.6) is 0 Å². The lowest BCUT2D eigenvalue weighted by molar-refractivity contribution is -0.122. The van der Waals surface area contributed by atoms with Gasteiger partial charge in [0.05, 0.1) is 0 Å². The molecule has 0 aromatic heterocycles. The number of anilines is 3. The molecule has 2 aromatic carbocycles. The van der Waals surface area contributed by atoms with E-state index in [0.29, 0.717) is 11.6 Å². The summed E-state index contributed by atoms with van der Waals surface area (Å²) in [6.45, 7) is 9.01. The van der Waals surface area contributed by atoms with Crippen LogP contribution in [0.2, 0.25) is 0 Å². The van der Waals surface area contributed by atoms with E-state index in [4.69, 9.17) is 5.73 Å². The zero-order valence-electron chi connectivity index (χ0n) is 18.1. The molecule has 1 fully saturated rings. The highest BCUT2D eigenvalue weighted by atomic mass is 16.2. The standard InChI is InChI=1S/C24H32N4O2/c1-4-28(17(2)3)22-9-5-19(6-10-22)24(30)26-20-7-11-21(12-8-20)27-15-13-18(14-16-27)23(25)29/h5-12,17-18H,4,13-16H2,1-3H3,(H2,25,29)(H,26,30). The fourth-order valence-electron chi connectivity index (χ4n) is 4.03. The van der Waals surface area contributed by atoms with Gasteiger partial charge in [-0.25, -0.2) is 0 Å². The molecular weight excluding hydrogens is 376 g/mol. The molecule has 0 saturated carbocycles. The second-order valence-electron chi connectivity index (χ2n) is 8.09. The summed E-state index contributed by atoms with van der Waals surface area (Å²) in [4.78, 5) is 28.5. The van der Waals surface area contributed by atoms with Crippen LogP contribution in [0.1, 0.15) is 44.0 Å². The molecule has 0 radical (unpaired) electrons. The van der Waals surface area contributed by atoms with Crippen molar-refractivity contribution in [2.75, 3.05) is 34.8 Å². The van der Waals surface area contributed by atoms with Crippen LogP contribution < -0.4 is 20.9 Å². The van der Waals surface area contributed by atoms with E-state index < -0.39 is 0 Å². The number of nitrogens with zero attached hydrogens (tertiary/aromatic N) is 2. The van der Waals surface area contributed by atoms with Crippen LogP contribution in [0.25, 0.3) is 0 Å². The number of nitrogens with two attached hydrogens (primary N) is 1. The van der Waals surface area contributed by atoms with E-state index in [-0.39, 0.29) is 17.7 Å². The van der Waals surface area contributed by atoms with Crippen molar-refractivity contribution >= 4 is 28.9 Å². The Hall–Kier alpha value is -3.02. The first-order valence-corrected chi connectivity index (χ1v) is 10.7. The fraction of sp³-hybridized carbons (Fsp3) is 0.417. The Morgan fingerprint density at radius 1 is 1.07 bits per heavy atom. The average molecular weight is 409 g/mol. The van der Waals surface area contributed by atoms with E-state index in [1.165, 1.54) is 0 Å². The minimum Gasteiger partial charge on any atom is -0.371 e. The summed E-state index contributed by atoms with van der Waals surface area (Å²) in [7, 11) is 0. The van der Waals surface area contributed by atoms with E-state index in [2.05, 4.69) is 35.9 Å². The Bertz CT molecular complexity index is 854. The number of carbonyl (C=O) groups excluding carboxylic acids is 2. The summed E-state index contributed by atoms with van der Waals surface area (Å²) in [5, 5.41) is 2.96. The van der Waals surface area contributed by atoms with Crippen molar-refractivity contribution in [1.29, 1.82) is 0 Å². The minimum absolute atomic E-state index is 0.0175. The Labute approximate surface area is 179 Å². The van der Waals surface area contributed by atoms with E-state index in [1.54, 1.807) is 0 Å². The summed E-state index contributed by atoms with van der Waals surface area (Å²) >= 11 is 0. The molecule has 3 rings (SSSR count). The number of primary amides is 1. The first kappa shape index (κ1) is 21.7. The number of carbonyl (C=O) groups is 2. The summed E-state index contributed by atoms with van der Waals surface area (Å²) in [5.41, 5.74) is 9.02. The largest absolute Gasteiger partial charge is 0.371 e. The summed E-state index contributed by atoms with van der Waals surface area (Å²) in [6.07, 6.45) is 1.58. The second-order valence-corrected chi connectivity index (χ2v) is 8.09. The molecule has 160 valence electrons. The molecule has 1 aliphatic rings. The maximum atomic E-state index is 12.6. The number of hydrogen-bond donors (Lipinski definition) is 2. The van der Waals surface area contributed by atoms with Gasteiger partial charge in [0.1, 0.15) is 0 Å². The maximum absolute atomic E-state index is 12.6. The van der Waals surface area contributed by atoms with Gasteiger partial charge >= 0.3 is 0 Å². The molecule has 2 aromatic rings. The Morgan fingerprint density at radius 2 is 1.67 bits per heavy atom. The number of rotatable bonds is 7. The van der Waals surface area contributed by atoms with Crippen LogP contribution in [-0.2, 0) is 4.79 Å². The normalized spacial score (nSPS) is 14.6. The van der Waals surface area contributed by atoms with Crippen molar-refractivity contribution in [3.63, 3.8) is 0 Å².